The molecule has 2 nitrogen and oxygen atoms in total. The van der Waals surface area contributed by atoms with Gasteiger partial charge < -0.3 is 5.32 Å². The van der Waals surface area contributed by atoms with Crippen LogP contribution >= 0.6 is 0 Å². The molecule has 1 N–H and O–H groups in total. The van der Waals surface area contributed by atoms with E-state index in [-0.39, 0.29) is 0 Å². The molecule has 1 aliphatic rings. The van der Waals surface area contributed by atoms with Crippen molar-refractivity contribution in [3.05, 3.63) is 0 Å². The quantitative estimate of drug-likeness (QED) is 0.765. The van der Waals surface area contributed by atoms with Gasteiger partial charge in [0.1, 0.15) is 0 Å². The lowest BCUT2D eigenvalue weighted by atomic mass is 10.1. The van der Waals surface area contributed by atoms with Crippen LogP contribution in [-0.4, -0.2) is 36.6 Å². The van der Waals surface area contributed by atoms with Gasteiger partial charge in [0.05, 0.1) is 0 Å². The lowest BCUT2D eigenvalue weighted by molar-refractivity contribution is 0.182. The number of rotatable bonds is 6. The van der Waals surface area contributed by atoms with Gasteiger partial charge in [-0.25, -0.2) is 0 Å². The summed E-state index contributed by atoms with van der Waals surface area (Å²) in [6.45, 7) is 10.7. The van der Waals surface area contributed by atoms with Crippen LogP contribution in [0.4, 0.5) is 0 Å². The van der Waals surface area contributed by atoms with Gasteiger partial charge in [-0.1, -0.05) is 33.1 Å². The van der Waals surface area contributed by atoms with E-state index >= 15 is 0 Å². The molecule has 1 unspecified atom stereocenters. The summed E-state index contributed by atoms with van der Waals surface area (Å²) in [4.78, 5) is 2.69. The maximum absolute atomic E-state index is 3.71. The van der Waals surface area contributed by atoms with Crippen molar-refractivity contribution in [2.24, 2.45) is 0 Å². The summed E-state index contributed by atoms with van der Waals surface area (Å²) in [5.74, 6) is 0. The molecule has 0 aromatic rings. The first-order valence-electron chi connectivity index (χ1n) is 7.75. The van der Waals surface area contributed by atoms with Crippen LogP contribution in [0.5, 0.6) is 0 Å². The number of hydrogen-bond donors (Lipinski definition) is 1. The van der Waals surface area contributed by atoms with Gasteiger partial charge in [-0.05, 0) is 45.7 Å². The zero-order chi connectivity index (χ0) is 12.5. The van der Waals surface area contributed by atoms with Crippen LogP contribution in [0.25, 0.3) is 0 Å². The normalized spacial score (nSPS) is 21.2. The second-order valence-corrected chi connectivity index (χ2v) is 5.57. The van der Waals surface area contributed by atoms with Crippen molar-refractivity contribution in [1.29, 1.82) is 0 Å². The van der Waals surface area contributed by atoms with E-state index in [0.29, 0.717) is 12.1 Å². The van der Waals surface area contributed by atoms with E-state index in [1.165, 1.54) is 58.0 Å². The van der Waals surface area contributed by atoms with Crippen molar-refractivity contribution in [3.8, 4) is 0 Å². The fourth-order valence-corrected chi connectivity index (χ4v) is 2.76. The summed E-state index contributed by atoms with van der Waals surface area (Å²) in [6, 6.07) is 1.42. The van der Waals surface area contributed by atoms with Crippen molar-refractivity contribution in [1.82, 2.24) is 10.2 Å². The van der Waals surface area contributed by atoms with Crippen molar-refractivity contribution in [3.63, 3.8) is 0 Å². The van der Waals surface area contributed by atoms with E-state index in [1.54, 1.807) is 0 Å². The van der Waals surface area contributed by atoms with Crippen LogP contribution in [0, 0.1) is 0 Å². The molecule has 1 aliphatic heterocycles. The average Bonchev–Trinajstić information content (AvgIpc) is 2.29. The fourth-order valence-electron chi connectivity index (χ4n) is 2.76. The molecule has 0 amide bonds. The monoisotopic (exact) mass is 240 g/mol. The van der Waals surface area contributed by atoms with Crippen LogP contribution in [-0.2, 0) is 0 Å². The minimum atomic E-state index is 0.702. The van der Waals surface area contributed by atoms with Crippen molar-refractivity contribution >= 4 is 0 Å². The minimum absolute atomic E-state index is 0.702. The molecule has 0 bridgehead atoms. The van der Waals surface area contributed by atoms with Crippen LogP contribution < -0.4 is 5.32 Å². The van der Waals surface area contributed by atoms with Crippen LogP contribution in [0.2, 0.25) is 0 Å². The second kappa shape index (κ2) is 8.93. The molecule has 1 fully saturated rings. The largest absolute Gasteiger partial charge is 0.312 e. The number of nitrogens with zero attached hydrogens (tertiary/aromatic N) is 1. The summed E-state index contributed by atoms with van der Waals surface area (Å²) in [7, 11) is 0. The lowest BCUT2D eigenvalue weighted by Gasteiger charge is -2.31. The molecule has 1 heterocycles. The molecule has 102 valence electrons. The van der Waals surface area contributed by atoms with E-state index < -0.39 is 0 Å². The van der Waals surface area contributed by atoms with E-state index in [9.17, 15) is 0 Å². The lowest BCUT2D eigenvalue weighted by Crippen LogP contribution is -2.44. The topological polar surface area (TPSA) is 15.3 Å². The Morgan fingerprint density at radius 3 is 2.00 bits per heavy atom. The van der Waals surface area contributed by atoms with E-state index in [1.807, 2.05) is 0 Å². The first-order valence-corrected chi connectivity index (χ1v) is 7.75. The van der Waals surface area contributed by atoms with E-state index in [2.05, 4.69) is 31.0 Å². The Morgan fingerprint density at radius 1 is 0.941 bits per heavy atom. The first-order chi connectivity index (χ1) is 8.27. The van der Waals surface area contributed by atoms with E-state index in [4.69, 9.17) is 0 Å². The van der Waals surface area contributed by atoms with Crippen molar-refractivity contribution < 1.29 is 0 Å². The predicted molar refractivity (Wildman–Crippen MR) is 76.5 cm³/mol. The highest BCUT2D eigenvalue weighted by atomic mass is 15.2. The highest BCUT2D eigenvalue weighted by Gasteiger charge is 2.15. The predicted octanol–water partition coefficient (Wildman–Crippen LogP) is 3.42. The van der Waals surface area contributed by atoms with Crippen LogP contribution in [0.15, 0.2) is 0 Å². The van der Waals surface area contributed by atoms with Crippen LogP contribution in [0.1, 0.15) is 65.7 Å². The van der Waals surface area contributed by atoms with Gasteiger partial charge in [0, 0.05) is 18.6 Å². The molecule has 1 atom stereocenters. The fraction of sp³-hybridized carbons (Fsp3) is 1.00. The Kier molecular flexibility index (Phi) is 7.87. The molecular weight excluding hydrogens is 208 g/mol. The summed E-state index contributed by atoms with van der Waals surface area (Å²) in [5, 5.41) is 3.71. The summed E-state index contributed by atoms with van der Waals surface area (Å²) in [5.41, 5.74) is 0. The SMILES string of the molecule is CCC(CC)NCC(C)N1CCCCCCC1. The molecule has 0 radical (unpaired) electrons. The third-order valence-electron chi connectivity index (χ3n) is 4.20. The Morgan fingerprint density at radius 2 is 1.47 bits per heavy atom. The van der Waals surface area contributed by atoms with Crippen molar-refractivity contribution in [2.45, 2.75) is 77.8 Å². The van der Waals surface area contributed by atoms with Gasteiger partial charge in [-0.15, -0.1) is 0 Å². The molecule has 0 saturated carbocycles. The molecule has 0 spiro atoms. The van der Waals surface area contributed by atoms with Gasteiger partial charge in [0.15, 0.2) is 0 Å². The Bertz CT molecular complexity index is 170. The zero-order valence-corrected chi connectivity index (χ0v) is 12.2. The third-order valence-corrected chi connectivity index (χ3v) is 4.20. The highest BCUT2D eigenvalue weighted by molar-refractivity contribution is 4.74. The minimum Gasteiger partial charge on any atom is -0.312 e. The average molecular weight is 240 g/mol. The number of nitrogens with one attached hydrogen (secondary N) is 1. The second-order valence-electron chi connectivity index (χ2n) is 5.57. The third kappa shape index (κ3) is 5.87. The molecule has 2 heteroatoms. The molecule has 0 aliphatic carbocycles. The molecule has 17 heavy (non-hydrogen) atoms. The Hall–Kier alpha value is -0.0800. The number of likely N-dealkylation sites (tertiary alicyclic amines) is 1. The maximum Gasteiger partial charge on any atom is 0.0192 e. The van der Waals surface area contributed by atoms with Gasteiger partial charge in [0.25, 0.3) is 0 Å². The van der Waals surface area contributed by atoms with Gasteiger partial charge in [0.2, 0.25) is 0 Å². The Labute approximate surface area is 108 Å². The molecule has 0 aromatic heterocycles. The summed E-state index contributed by atoms with van der Waals surface area (Å²) < 4.78 is 0. The summed E-state index contributed by atoms with van der Waals surface area (Å²) >= 11 is 0. The number of hydrogen-bond acceptors (Lipinski definition) is 2. The zero-order valence-electron chi connectivity index (χ0n) is 12.2. The summed E-state index contributed by atoms with van der Waals surface area (Å²) in [6.07, 6.45) is 9.62. The molecular formula is C15H32N2. The standard InChI is InChI=1S/C15H32N2/c1-4-15(5-2)16-13-14(3)17-11-9-7-6-8-10-12-17/h14-16H,4-13H2,1-3H3. The maximum atomic E-state index is 3.71. The van der Waals surface area contributed by atoms with Crippen LogP contribution in [0.3, 0.4) is 0 Å². The van der Waals surface area contributed by atoms with Gasteiger partial charge in [-0.2, -0.15) is 0 Å². The molecule has 1 saturated heterocycles. The van der Waals surface area contributed by atoms with E-state index in [0.717, 1.165) is 6.54 Å². The van der Waals surface area contributed by atoms with Gasteiger partial charge >= 0.3 is 0 Å². The van der Waals surface area contributed by atoms with Crippen molar-refractivity contribution in [2.75, 3.05) is 19.6 Å². The molecule has 0 aromatic carbocycles. The smallest absolute Gasteiger partial charge is 0.0192 e. The first kappa shape index (κ1) is 15.0. The van der Waals surface area contributed by atoms with Gasteiger partial charge in [-0.3, -0.25) is 4.90 Å². The Balaban J connectivity index is 2.26. The highest BCUT2D eigenvalue weighted by Crippen LogP contribution is 2.12. The molecule has 1 rings (SSSR count).